The quantitative estimate of drug-likeness (QED) is 0.320. The molecule has 1 aliphatic rings. The van der Waals surface area contributed by atoms with Crippen LogP contribution in [0, 0.1) is 5.92 Å². The molecule has 0 N–H and O–H groups in total. The van der Waals surface area contributed by atoms with Gasteiger partial charge in [0.05, 0.1) is 0 Å². The molecule has 0 aliphatic heterocycles. The van der Waals surface area contributed by atoms with Gasteiger partial charge < -0.3 is 59.5 Å². The molecule has 136 valence electrons. The van der Waals surface area contributed by atoms with Gasteiger partial charge in [0, 0.05) is 54.2 Å². The fourth-order valence-electron chi connectivity index (χ4n) is 1.41. The Bertz CT molecular complexity index is 427. The van der Waals surface area contributed by atoms with Crippen LogP contribution in [-0.4, -0.2) is 46.6 Å². The van der Waals surface area contributed by atoms with Gasteiger partial charge in [-0.25, -0.2) is 0 Å². The van der Waals surface area contributed by atoms with Crippen LogP contribution in [0.5, 0.6) is 0 Å². The van der Waals surface area contributed by atoms with Crippen LogP contribution in [0.4, 0.5) is 0 Å². The van der Waals surface area contributed by atoms with E-state index in [4.69, 9.17) is 0 Å². The molecule has 0 atom stereocenters. The zero-order chi connectivity index (χ0) is 18.2. The van der Waals surface area contributed by atoms with E-state index >= 15 is 0 Å². The fraction of sp³-hybridized carbons (Fsp3) is 0.562. The summed E-state index contributed by atoms with van der Waals surface area (Å²) in [5, 5.41) is 0. The van der Waals surface area contributed by atoms with Crippen molar-refractivity contribution in [1.29, 1.82) is 0 Å². The van der Waals surface area contributed by atoms with E-state index in [0.29, 0.717) is 8.64 Å². The third-order valence-electron chi connectivity index (χ3n) is 3.54. The molecule has 0 aromatic carbocycles. The maximum atomic E-state index is 4.56. The van der Waals surface area contributed by atoms with Crippen molar-refractivity contribution in [2.75, 3.05) is 28.2 Å². The van der Waals surface area contributed by atoms with Gasteiger partial charge >= 0.3 is 0 Å². The number of rotatable bonds is 0. The predicted octanol–water partition coefficient (Wildman–Crippen LogP) is 4.02. The first kappa shape index (κ1) is 28.2. The van der Waals surface area contributed by atoms with Gasteiger partial charge in [0.1, 0.15) is 0 Å². The number of nitrogens with zero attached hydrogens (tertiary/aromatic N) is 2. The van der Waals surface area contributed by atoms with Gasteiger partial charge in [0.2, 0.25) is 0 Å². The van der Waals surface area contributed by atoms with E-state index in [1.54, 1.807) is 9.80 Å². The first-order chi connectivity index (χ1) is 9.84. The van der Waals surface area contributed by atoms with E-state index in [1.165, 1.54) is 28.2 Å². The Hall–Kier alpha value is 0.349. The molecule has 0 bridgehead atoms. The number of allylic oxidation sites excluding steroid dienone is 4. The van der Waals surface area contributed by atoms with Crippen LogP contribution in [0.15, 0.2) is 22.3 Å². The van der Waals surface area contributed by atoms with E-state index in [-0.39, 0.29) is 20.1 Å². The Balaban J connectivity index is -0.000000271. The summed E-state index contributed by atoms with van der Waals surface area (Å²) in [6.45, 7) is 11.0. The minimum Gasteiger partial charge on any atom is -0.411 e. The second-order valence-electron chi connectivity index (χ2n) is 5.45. The molecule has 0 unspecified atom stereocenters. The van der Waals surface area contributed by atoms with Crippen molar-refractivity contribution in [1.82, 2.24) is 9.80 Å². The van der Waals surface area contributed by atoms with E-state index in [2.05, 4.69) is 84.3 Å². The van der Waals surface area contributed by atoms with Gasteiger partial charge in [0.25, 0.3) is 0 Å². The first-order valence-electron chi connectivity index (χ1n) is 6.80. The summed E-state index contributed by atoms with van der Waals surface area (Å²) in [7, 11) is 7.31. The normalized spacial score (nSPS) is 13.3. The van der Waals surface area contributed by atoms with Crippen LogP contribution in [-0.2, 0) is 45.4 Å². The van der Waals surface area contributed by atoms with Crippen LogP contribution < -0.4 is 0 Å². The van der Waals surface area contributed by atoms with Gasteiger partial charge in [-0.3, -0.25) is 0 Å². The molecule has 2 radical (unpaired) electrons. The van der Waals surface area contributed by atoms with E-state index < -0.39 is 0 Å². The summed E-state index contributed by atoms with van der Waals surface area (Å²) in [6.07, 6.45) is 0. The van der Waals surface area contributed by atoms with E-state index in [0.717, 1.165) is 0 Å². The smallest absolute Gasteiger partial charge is 0.0226 e. The summed E-state index contributed by atoms with van der Waals surface area (Å²) < 4.78 is 1.02. The van der Waals surface area contributed by atoms with E-state index in [1.807, 2.05) is 28.2 Å². The molecule has 0 saturated heterocycles. The third kappa shape index (κ3) is 11.5. The Labute approximate surface area is 178 Å². The van der Waals surface area contributed by atoms with Gasteiger partial charge in [-0.15, -0.1) is 0 Å². The molecular weight excluding hydrogens is 541 g/mol. The van der Waals surface area contributed by atoms with Crippen molar-refractivity contribution in [3.8, 4) is 0 Å². The molecule has 0 heterocycles. The summed E-state index contributed by atoms with van der Waals surface area (Å²) in [5.41, 5.74) is 5.87. The molecule has 0 saturated carbocycles. The van der Waals surface area contributed by atoms with Crippen molar-refractivity contribution in [2.45, 2.75) is 34.6 Å². The first-order valence-corrected chi connectivity index (χ1v) is 8.44. The Morgan fingerprint density at radius 2 is 0.826 bits per heavy atom. The second-order valence-corrected chi connectivity index (χ2v) is 7.51. The van der Waals surface area contributed by atoms with Crippen LogP contribution in [0.2, 0.25) is 0 Å². The topological polar surface area (TPSA) is 6.48 Å². The Morgan fingerprint density at radius 3 is 0.870 bits per heavy atom. The molecule has 2 nitrogen and oxygen atoms in total. The van der Waals surface area contributed by atoms with Crippen LogP contribution in [0.25, 0.3) is 0 Å². The van der Waals surface area contributed by atoms with Gasteiger partial charge in [-0.2, -0.15) is 0 Å². The number of hydrogen-bond acceptors (Lipinski definition) is 4. The summed E-state index contributed by atoms with van der Waals surface area (Å²) >= 11 is 18.2. The van der Waals surface area contributed by atoms with Crippen molar-refractivity contribution in [3.63, 3.8) is 0 Å². The Morgan fingerprint density at radius 1 is 0.652 bits per heavy atom. The second kappa shape index (κ2) is 13.6. The molecule has 0 fully saturated rings. The molecule has 1 aliphatic carbocycles. The van der Waals surface area contributed by atoms with Crippen molar-refractivity contribution in [2.24, 2.45) is 0 Å². The largest absolute Gasteiger partial charge is 0.411 e. The maximum Gasteiger partial charge on any atom is 0.0226 e. The summed E-state index contributed by atoms with van der Waals surface area (Å²) in [5.74, 6) is 1.47. The molecule has 7 heteroatoms. The summed E-state index contributed by atoms with van der Waals surface area (Å²) in [6, 6.07) is 0. The molecule has 0 aromatic heterocycles. The van der Waals surface area contributed by atoms with Crippen molar-refractivity contribution >= 4 is 58.3 Å². The van der Waals surface area contributed by atoms with E-state index in [9.17, 15) is 0 Å². The van der Waals surface area contributed by atoms with Crippen molar-refractivity contribution in [3.05, 3.63) is 28.2 Å². The molecule has 1 rings (SSSR count). The average Bonchev–Trinajstić information content (AvgIpc) is 2.58. The molecule has 23 heavy (non-hydrogen) atoms. The molecular formula is C16H27IrN2S4-2. The Kier molecular flexibility index (Phi) is 16.7. The van der Waals surface area contributed by atoms with Gasteiger partial charge in [-0.1, -0.05) is 26.7 Å². The molecule has 0 aromatic rings. The SMILES string of the molecule is CN(C)C(=S)[S-].CN(C)C(=S)[S-].C[C]1C(C)=C(C)C(C)=C1C.[Ir]. The predicted molar refractivity (Wildman–Crippen MR) is 113 cm³/mol. The van der Waals surface area contributed by atoms with Gasteiger partial charge in [0.15, 0.2) is 0 Å². The fourth-order valence-corrected chi connectivity index (χ4v) is 1.41. The monoisotopic (exact) mass is 568 g/mol. The summed E-state index contributed by atoms with van der Waals surface area (Å²) in [4.78, 5) is 3.43. The standard InChI is InChI=1S/C10H15.2C3H7NS2.Ir/c1-6-7(2)9(4)10(5)8(6)3;2*1-4(2)3(5)6;/h1-5H3;2*1-2H3,(H,5,6);/p-2. The van der Waals surface area contributed by atoms with Crippen LogP contribution in [0.3, 0.4) is 0 Å². The minimum atomic E-state index is 0. The average molecular weight is 568 g/mol. The zero-order valence-electron chi connectivity index (χ0n) is 15.4. The van der Waals surface area contributed by atoms with Crippen LogP contribution in [0.1, 0.15) is 34.6 Å². The zero-order valence-corrected chi connectivity index (χ0v) is 21.0. The molecule has 0 amide bonds. The molecule has 0 spiro atoms. The van der Waals surface area contributed by atoms with Crippen molar-refractivity contribution < 1.29 is 20.1 Å². The van der Waals surface area contributed by atoms with Gasteiger partial charge in [-0.05, 0) is 38.8 Å². The minimum absolute atomic E-state index is 0. The van der Waals surface area contributed by atoms with Crippen LogP contribution >= 0.6 is 24.4 Å². The third-order valence-corrected chi connectivity index (χ3v) is 5.00. The maximum absolute atomic E-state index is 4.56. The number of hydrogen-bond donors (Lipinski definition) is 0. The number of thiocarbonyl (C=S) groups is 2.